The molecule has 4 heteroatoms. The molecule has 0 bridgehead atoms. The van der Waals surface area contributed by atoms with Gasteiger partial charge in [0.25, 0.3) is 0 Å². The summed E-state index contributed by atoms with van der Waals surface area (Å²) < 4.78 is 0. The van der Waals surface area contributed by atoms with E-state index < -0.39 is 0 Å². The van der Waals surface area contributed by atoms with E-state index in [1.165, 1.54) is 67.2 Å². The highest BCUT2D eigenvalue weighted by atomic mass is 32.1. The van der Waals surface area contributed by atoms with Gasteiger partial charge >= 0.3 is 0 Å². The third kappa shape index (κ3) is 3.59. The lowest BCUT2D eigenvalue weighted by atomic mass is 10.2. The fraction of sp³-hybridized carbons (Fsp3) is 0.750. The molecule has 1 aromatic heterocycles. The minimum absolute atomic E-state index is 0.549. The van der Waals surface area contributed by atoms with Crippen LogP contribution in [0.2, 0.25) is 0 Å². The molecule has 1 aliphatic heterocycles. The van der Waals surface area contributed by atoms with Crippen LogP contribution >= 0.6 is 11.3 Å². The van der Waals surface area contributed by atoms with Gasteiger partial charge in [-0.3, -0.25) is 0 Å². The Balaban J connectivity index is 1.59. The Morgan fingerprint density at radius 3 is 2.60 bits per heavy atom. The number of hydrogen-bond donors (Lipinski definition) is 0. The first kappa shape index (κ1) is 14.0. The van der Waals surface area contributed by atoms with Crippen molar-refractivity contribution in [1.82, 2.24) is 9.88 Å². The lowest BCUT2D eigenvalue weighted by molar-refractivity contribution is 0.288. The lowest BCUT2D eigenvalue weighted by Gasteiger charge is -2.18. The molecule has 3 rings (SSSR count). The molecule has 0 radical (unpaired) electrons. The second-order valence-electron chi connectivity index (χ2n) is 6.03. The monoisotopic (exact) mass is 289 g/mol. The zero-order valence-corrected chi connectivity index (χ0v) is 12.9. The molecule has 0 spiro atoms. The molecule has 1 saturated carbocycles. The molecule has 0 atom stereocenters. The van der Waals surface area contributed by atoms with Gasteiger partial charge in [0.2, 0.25) is 0 Å². The number of nitrogens with zero attached hydrogens (tertiary/aromatic N) is 3. The van der Waals surface area contributed by atoms with Gasteiger partial charge in [-0.25, -0.2) is 4.98 Å². The SMILES string of the molecule is N#CCc1sc(CCN2CCCCCC2)nc1C1CC1. The highest BCUT2D eigenvalue weighted by Crippen LogP contribution is 2.42. The molecule has 2 aliphatic rings. The Kier molecular flexibility index (Phi) is 4.69. The quantitative estimate of drug-likeness (QED) is 0.833. The van der Waals surface area contributed by atoms with Crippen LogP contribution < -0.4 is 0 Å². The molecular formula is C16H23N3S. The summed E-state index contributed by atoms with van der Waals surface area (Å²) in [5.41, 5.74) is 1.25. The normalized spacial score (nSPS) is 20.6. The molecular weight excluding hydrogens is 266 g/mol. The number of hydrogen-bond acceptors (Lipinski definition) is 4. The highest BCUT2D eigenvalue weighted by Gasteiger charge is 2.29. The molecule has 2 heterocycles. The molecule has 1 aliphatic carbocycles. The molecule has 2 fully saturated rings. The van der Waals surface area contributed by atoms with E-state index in [4.69, 9.17) is 10.2 Å². The Bertz CT molecular complexity index is 476. The van der Waals surface area contributed by atoms with Crippen molar-refractivity contribution in [3.05, 3.63) is 15.6 Å². The second kappa shape index (κ2) is 6.69. The Morgan fingerprint density at radius 1 is 1.20 bits per heavy atom. The second-order valence-corrected chi connectivity index (χ2v) is 7.20. The number of rotatable bonds is 5. The van der Waals surface area contributed by atoms with Crippen molar-refractivity contribution in [3.63, 3.8) is 0 Å². The number of aromatic nitrogens is 1. The molecule has 1 saturated heterocycles. The number of likely N-dealkylation sites (tertiary alicyclic amines) is 1. The van der Waals surface area contributed by atoms with E-state index in [1.807, 2.05) is 0 Å². The Labute approximate surface area is 125 Å². The maximum atomic E-state index is 8.94. The predicted octanol–water partition coefficient (Wildman–Crippen LogP) is 3.51. The fourth-order valence-electron chi connectivity index (χ4n) is 3.01. The lowest BCUT2D eigenvalue weighted by Crippen LogP contribution is -2.26. The van der Waals surface area contributed by atoms with Gasteiger partial charge in [0.1, 0.15) is 0 Å². The minimum atomic E-state index is 0.549. The summed E-state index contributed by atoms with van der Waals surface area (Å²) in [6.07, 6.45) is 9.65. The zero-order chi connectivity index (χ0) is 13.8. The van der Waals surface area contributed by atoms with Gasteiger partial charge in [-0.05, 0) is 38.8 Å². The van der Waals surface area contributed by atoms with Crippen LogP contribution in [0, 0.1) is 11.3 Å². The van der Waals surface area contributed by atoms with Crippen molar-refractivity contribution in [3.8, 4) is 6.07 Å². The van der Waals surface area contributed by atoms with Gasteiger partial charge in [-0.1, -0.05) is 12.8 Å². The van der Waals surface area contributed by atoms with Crippen LogP contribution in [-0.2, 0) is 12.8 Å². The van der Waals surface area contributed by atoms with Gasteiger partial charge in [-0.15, -0.1) is 11.3 Å². The number of thiazole rings is 1. The summed E-state index contributed by atoms with van der Waals surface area (Å²) in [7, 11) is 0. The van der Waals surface area contributed by atoms with Crippen LogP contribution in [0.4, 0.5) is 0 Å². The highest BCUT2D eigenvalue weighted by molar-refractivity contribution is 7.11. The maximum absolute atomic E-state index is 8.94. The molecule has 0 unspecified atom stereocenters. The van der Waals surface area contributed by atoms with E-state index in [1.54, 1.807) is 11.3 Å². The summed E-state index contributed by atoms with van der Waals surface area (Å²) in [4.78, 5) is 8.67. The summed E-state index contributed by atoms with van der Waals surface area (Å²) in [6.45, 7) is 3.65. The van der Waals surface area contributed by atoms with E-state index in [0.717, 1.165) is 13.0 Å². The van der Waals surface area contributed by atoms with Crippen LogP contribution in [0.15, 0.2) is 0 Å². The van der Waals surface area contributed by atoms with Gasteiger partial charge in [0.15, 0.2) is 0 Å². The molecule has 108 valence electrons. The molecule has 0 aromatic carbocycles. The van der Waals surface area contributed by atoms with Gasteiger partial charge < -0.3 is 4.90 Å². The molecule has 20 heavy (non-hydrogen) atoms. The third-order valence-corrected chi connectivity index (χ3v) is 5.45. The van der Waals surface area contributed by atoms with Crippen LogP contribution in [0.5, 0.6) is 0 Å². The van der Waals surface area contributed by atoms with E-state index in [0.29, 0.717) is 12.3 Å². The van der Waals surface area contributed by atoms with E-state index in [-0.39, 0.29) is 0 Å². The van der Waals surface area contributed by atoms with Crippen molar-refractivity contribution >= 4 is 11.3 Å². The van der Waals surface area contributed by atoms with Crippen LogP contribution in [0.25, 0.3) is 0 Å². The predicted molar refractivity (Wildman–Crippen MR) is 82.0 cm³/mol. The first-order valence-corrected chi connectivity index (χ1v) is 8.76. The molecule has 3 nitrogen and oxygen atoms in total. The summed E-state index contributed by atoms with van der Waals surface area (Å²) >= 11 is 1.79. The van der Waals surface area contributed by atoms with Gasteiger partial charge in [0.05, 0.1) is 23.2 Å². The van der Waals surface area contributed by atoms with E-state index in [9.17, 15) is 0 Å². The van der Waals surface area contributed by atoms with Gasteiger partial charge in [-0.2, -0.15) is 5.26 Å². The van der Waals surface area contributed by atoms with Crippen molar-refractivity contribution < 1.29 is 0 Å². The summed E-state index contributed by atoms with van der Waals surface area (Å²) in [6, 6.07) is 2.29. The average molecular weight is 289 g/mol. The summed E-state index contributed by atoms with van der Waals surface area (Å²) in [5.74, 6) is 0.668. The third-order valence-electron chi connectivity index (χ3n) is 4.32. The molecule has 0 N–H and O–H groups in total. The van der Waals surface area contributed by atoms with Crippen molar-refractivity contribution in [2.75, 3.05) is 19.6 Å². The smallest absolute Gasteiger partial charge is 0.0944 e. The largest absolute Gasteiger partial charge is 0.303 e. The first-order chi connectivity index (χ1) is 9.86. The Hall–Kier alpha value is -0.920. The first-order valence-electron chi connectivity index (χ1n) is 7.94. The van der Waals surface area contributed by atoms with Crippen molar-refractivity contribution in [1.29, 1.82) is 5.26 Å². The molecule has 0 amide bonds. The average Bonchev–Trinajstić information content (AvgIpc) is 3.25. The van der Waals surface area contributed by atoms with Crippen molar-refractivity contribution in [2.24, 2.45) is 0 Å². The van der Waals surface area contributed by atoms with Crippen LogP contribution in [-0.4, -0.2) is 29.5 Å². The zero-order valence-electron chi connectivity index (χ0n) is 12.1. The van der Waals surface area contributed by atoms with E-state index in [2.05, 4.69) is 11.0 Å². The van der Waals surface area contributed by atoms with Crippen LogP contribution in [0.3, 0.4) is 0 Å². The fourth-order valence-corrected chi connectivity index (χ4v) is 4.08. The number of nitriles is 1. The Morgan fingerprint density at radius 2 is 1.95 bits per heavy atom. The molecule has 1 aromatic rings. The van der Waals surface area contributed by atoms with E-state index >= 15 is 0 Å². The topological polar surface area (TPSA) is 39.9 Å². The van der Waals surface area contributed by atoms with Crippen LogP contribution in [0.1, 0.15) is 60.0 Å². The standard InChI is InChI=1S/C16H23N3S/c17-9-7-14-16(13-5-6-13)18-15(20-14)8-12-19-10-3-1-2-4-11-19/h13H,1-8,10-12H2. The maximum Gasteiger partial charge on any atom is 0.0944 e. The van der Waals surface area contributed by atoms with Crippen molar-refractivity contribution in [2.45, 2.75) is 57.3 Å². The minimum Gasteiger partial charge on any atom is -0.303 e. The van der Waals surface area contributed by atoms with Gasteiger partial charge in [0, 0.05) is 23.8 Å². The summed E-state index contributed by atoms with van der Waals surface area (Å²) in [5, 5.41) is 10.2.